The van der Waals surface area contributed by atoms with Gasteiger partial charge < -0.3 is 4.90 Å². The summed E-state index contributed by atoms with van der Waals surface area (Å²) in [6, 6.07) is 7.74. The Bertz CT molecular complexity index is 665. The highest BCUT2D eigenvalue weighted by molar-refractivity contribution is 6.30. The molecule has 1 amide bonds. The van der Waals surface area contributed by atoms with Crippen LogP contribution in [-0.4, -0.2) is 51.8 Å². The molecule has 0 unspecified atom stereocenters. The number of carbonyl (C=O) groups excluding carboxylic acids is 1. The first-order chi connectivity index (χ1) is 10.6. The summed E-state index contributed by atoms with van der Waals surface area (Å²) in [5.41, 5.74) is 1.19. The molecule has 3 rings (SSSR count). The smallest absolute Gasteiger partial charge is 0.320 e. The van der Waals surface area contributed by atoms with Crippen molar-refractivity contribution in [2.24, 2.45) is 0 Å². The molecule has 1 aromatic heterocycles. The number of aromatic nitrogens is 2. The summed E-state index contributed by atoms with van der Waals surface area (Å²) in [5.74, 6) is 0. The summed E-state index contributed by atoms with van der Waals surface area (Å²) in [5, 5.41) is 5.17. The molecule has 1 aliphatic heterocycles. The number of amides is 1. The average Bonchev–Trinajstić information content (AvgIpc) is 2.94. The van der Waals surface area contributed by atoms with Crippen LogP contribution in [0, 0.1) is 0 Å². The minimum atomic E-state index is -0.130. The van der Waals surface area contributed by atoms with Gasteiger partial charge in [-0.25, -0.2) is 4.79 Å². The summed E-state index contributed by atoms with van der Waals surface area (Å²) in [7, 11) is 0. The molecule has 0 saturated carbocycles. The van der Waals surface area contributed by atoms with Crippen molar-refractivity contribution in [1.29, 1.82) is 0 Å². The summed E-state index contributed by atoms with van der Waals surface area (Å²) in [6.07, 6.45) is 3.00. The molecule has 1 fully saturated rings. The molecule has 0 aliphatic carbocycles. The van der Waals surface area contributed by atoms with Gasteiger partial charge in [-0.05, 0) is 17.7 Å². The molecule has 7 heteroatoms. The Morgan fingerprint density at radius 2 is 1.91 bits per heavy atom. The van der Waals surface area contributed by atoms with Crippen LogP contribution in [0.25, 0.3) is 0 Å². The van der Waals surface area contributed by atoms with E-state index in [-0.39, 0.29) is 6.03 Å². The molecule has 1 aromatic carbocycles. The summed E-state index contributed by atoms with van der Waals surface area (Å²) >= 11 is 11.8. The van der Waals surface area contributed by atoms with Crippen LogP contribution in [0.1, 0.15) is 5.56 Å². The molecule has 0 spiro atoms. The topological polar surface area (TPSA) is 41.4 Å². The second-order valence-corrected chi connectivity index (χ2v) is 6.15. The summed E-state index contributed by atoms with van der Waals surface area (Å²) in [6.45, 7) is 3.85. The number of benzene rings is 1. The van der Waals surface area contributed by atoms with Crippen molar-refractivity contribution in [2.75, 3.05) is 26.2 Å². The highest BCUT2D eigenvalue weighted by Crippen LogP contribution is 2.14. The molecular formula is C15H16Cl2N4O. The van der Waals surface area contributed by atoms with Crippen molar-refractivity contribution in [3.8, 4) is 0 Å². The number of nitrogens with zero attached hydrogens (tertiary/aromatic N) is 4. The number of rotatable bonds is 2. The SMILES string of the molecule is O=C(N1CCN(Cc2cccc(Cl)c2)CC1)n1cc(Cl)cn1. The lowest BCUT2D eigenvalue weighted by Gasteiger charge is -2.34. The van der Waals surface area contributed by atoms with Crippen molar-refractivity contribution in [2.45, 2.75) is 6.54 Å². The Morgan fingerprint density at radius 3 is 2.55 bits per heavy atom. The monoisotopic (exact) mass is 338 g/mol. The molecular weight excluding hydrogens is 323 g/mol. The molecule has 1 aliphatic rings. The van der Waals surface area contributed by atoms with Crippen molar-refractivity contribution >= 4 is 29.2 Å². The molecule has 0 N–H and O–H groups in total. The Balaban J connectivity index is 1.55. The van der Waals surface area contributed by atoms with Crippen LogP contribution in [0.4, 0.5) is 4.79 Å². The highest BCUT2D eigenvalue weighted by atomic mass is 35.5. The number of hydrogen-bond acceptors (Lipinski definition) is 3. The van der Waals surface area contributed by atoms with Crippen LogP contribution in [0.5, 0.6) is 0 Å². The van der Waals surface area contributed by atoms with Crippen LogP contribution in [-0.2, 0) is 6.54 Å². The maximum Gasteiger partial charge on any atom is 0.344 e. The van der Waals surface area contributed by atoms with Gasteiger partial charge in [-0.2, -0.15) is 9.78 Å². The van der Waals surface area contributed by atoms with Crippen LogP contribution in [0.15, 0.2) is 36.7 Å². The van der Waals surface area contributed by atoms with E-state index in [1.165, 1.54) is 22.6 Å². The number of hydrogen-bond donors (Lipinski definition) is 0. The van der Waals surface area contributed by atoms with Gasteiger partial charge in [0.05, 0.1) is 17.4 Å². The standard InChI is InChI=1S/C15H16Cl2N4O/c16-13-3-1-2-12(8-13)10-19-4-6-20(7-5-19)15(22)21-11-14(17)9-18-21/h1-3,8-9,11H,4-7,10H2. The lowest BCUT2D eigenvalue weighted by Crippen LogP contribution is -2.49. The Labute approximate surface area is 139 Å². The van der Waals surface area contributed by atoms with Gasteiger partial charge in [0.25, 0.3) is 0 Å². The second kappa shape index (κ2) is 6.69. The van der Waals surface area contributed by atoms with Crippen LogP contribution < -0.4 is 0 Å². The second-order valence-electron chi connectivity index (χ2n) is 5.28. The van der Waals surface area contributed by atoms with Crippen LogP contribution in [0.3, 0.4) is 0 Å². The predicted octanol–water partition coefficient (Wildman–Crippen LogP) is 2.98. The van der Waals surface area contributed by atoms with Crippen molar-refractivity contribution in [3.63, 3.8) is 0 Å². The third-order valence-electron chi connectivity index (χ3n) is 3.69. The fourth-order valence-corrected chi connectivity index (χ4v) is 2.89. The minimum Gasteiger partial charge on any atom is -0.320 e. The van der Waals surface area contributed by atoms with E-state index in [2.05, 4.69) is 16.1 Å². The molecule has 0 bridgehead atoms. The maximum absolute atomic E-state index is 12.3. The molecule has 0 radical (unpaired) electrons. The Hall–Kier alpha value is -1.56. The first-order valence-electron chi connectivity index (χ1n) is 7.08. The van der Waals surface area contributed by atoms with E-state index >= 15 is 0 Å². The van der Waals surface area contributed by atoms with Gasteiger partial charge in [0, 0.05) is 37.7 Å². The zero-order valence-electron chi connectivity index (χ0n) is 12.0. The van der Waals surface area contributed by atoms with E-state index in [1.54, 1.807) is 4.90 Å². The molecule has 2 heterocycles. The van der Waals surface area contributed by atoms with Gasteiger partial charge in [0.15, 0.2) is 0 Å². The van der Waals surface area contributed by atoms with Crippen LogP contribution >= 0.6 is 23.2 Å². The zero-order valence-corrected chi connectivity index (χ0v) is 13.5. The average molecular weight is 339 g/mol. The van der Waals surface area contributed by atoms with Crippen molar-refractivity contribution in [1.82, 2.24) is 19.6 Å². The van der Waals surface area contributed by atoms with Gasteiger partial charge in [-0.15, -0.1) is 0 Å². The van der Waals surface area contributed by atoms with Crippen molar-refractivity contribution < 1.29 is 4.79 Å². The van der Waals surface area contributed by atoms with Crippen LogP contribution in [0.2, 0.25) is 10.0 Å². The quantitative estimate of drug-likeness (QED) is 0.845. The van der Waals surface area contributed by atoms with Gasteiger partial charge >= 0.3 is 6.03 Å². The number of halogens is 2. The van der Waals surface area contributed by atoms with Gasteiger partial charge in [-0.3, -0.25) is 4.90 Å². The van der Waals surface area contributed by atoms with Crippen molar-refractivity contribution in [3.05, 3.63) is 52.3 Å². The molecule has 1 saturated heterocycles. The zero-order chi connectivity index (χ0) is 15.5. The van der Waals surface area contributed by atoms with E-state index in [9.17, 15) is 4.79 Å². The lowest BCUT2D eigenvalue weighted by atomic mass is 10.2. The first kappa shape index (κ1) is 15.3. The normalized spacial score (nSPS) is 16.0. The minimum absolute atomic E-state index is 0.130. The predicted molar refractivity (Wildman–Crippen MR) is 86.3 cm³/mol. The van der Waals surface area contributed by atoms with E-state index < -0.39 is 0 Å². The molecule has 22 heavy (non-hydrogen) atoms. The van der Waals surface area contributed by atoms with E-state index in [4.69, 9.17) is 23.2 Å². The highest BCUT2D eigenvalue weighted by Gasteiger charge is 2.22. The largest absolute Gasteiger partial charge is 0.344 e. The van der Waals surface area contributed by atoms with E-state index in [0.717, 1.165) is 24.7 Å². The van der Waals surface area contributed by atoms with Gasteiger partial charge in [0.1, 0.15) is 0 Å². The van der Waals surface area contributed by atoms with Gasteiger partial charge in [0.2, 0.25) is 0 Å². The van der Waals surface area contributed by atoms with E-state index in [1.807, 2.05) is 18.2 Å². The fourth-order valence-electron chi connectivity index (χ4n) is 2.54. The lowest BCUT2D eigenvalue weighted by molar-refractivity contribution is 0.134. The van der Waals surface area contributed by atoms with E-state index in [0.29, 0.717) is 18.1 Å². The number of piperazine rings is 1. The summed E-state index contributed by atoms with van der Waals surface area (Å²) in [4.78, 5) is 16.4. The Kier molecular flexibility index (Phi) is 4.66. The molecule has 5 nitrogen and oxygen atoms in total. The molecule has 116 valence electrons. The summed E-state index contributed by atoms with van der Waals surface area (Å²) < 4.78 is 1.29. The molecule has 2 aromatic rings. The first-order valence-corrected chi connectivity index (χ1v) is 7.84. The maximum atomic E-state index is 12.3. The number of carbonyl (C=O) groups is 1. The third kappa shape index (κ3) is 3.61. The molecule has 0 atom stereocenters. The third-order valence-corrected chi connectivity index (χ3v) is 4.12. The fraction of sp³-hybridized carbons (Fsp3) is 0.333. The van der Waals surface area contributed by atoms with Gasteiger partial charge in [-0.1, -0.05) is 35.3 Å². The Morgan fingerprint density at radius 1 is 1.14 bits per heavy atom.